The van der Waals surface area contributed by atoms with Crippen LogP contribution in [-0.4, -0.2) is 24.1 Å². The first-order chi connectivity index (χ1) is 16.0. The summed E-state index contributed by atoms with van der Waals surface area (Å²) in [6.45, 7) is 12.4. The second-order valence-electron chi connectivity index (χ2n) is 9.18. The predicted octanol–water partition coefficient (Wildman–Crippen LogP) is 7.35. The van der Waals surface area contributed by atoms with Crippen molar-refractivity contribution in [2.75, 3.05) is 7.11 Å². The SMILES string of the molecule is COc1nc(Br)c(C(=O)C=Nc2c(C)cc(C)cc2C)c(-c2cccc[c]2[Co][Br])c1C(C)(C)C. The van der Waals surface area contributed by atoms with Gasteiger partial charge in [0.15, 0.2) is 0 Å². The van der Waals surface area contributed by atoms with Crippen molar-refractivity contribution >= 4 is 52.3 Å². The molecule has 0 amide bonds. The van der Waals surface area contributed by atoms with E-state index in [0.717, 1.165) is 50.9 Å². The number of aryl methyl sites for hydroxylation is 3. The van der Waals surface area contributed by atoms with Crippen molar-refractivity contribution in [3.05, 3.63) is 68.8 Å². The van der Waals surface area contributed by atoms with E-state index in [4.69, 9.17) is 4.74 Å². The summed E-state index contributed by atoms with van der Waals surface area (Å²) < 4.78 is 7.17. The second kappa shape index (κ2) is 10.9. The van der Waals surface area contributed by atoms with Crippen molar-refractivity contribution in [3.63, 3.8) is 0 Å². The van der Waals surface area contributed by atoms with Gasteiger partial charge in [-0.05, 0) is 0 Å². The minimum atomic E-state index is -0.333. The number of nitrogens with zero attached hydrogens (tertiary/aromatic N) is 2. The van der Waals surface area contributed by atoms with Crippen molar-refractivity contribution in [1.82, 2.24) is 4.98 Å². The Balaban J connectivity index is 2.32. The minimum absolute atomic E-state index is 0.220. The van der Waals surface area contributed by atoms with Gasteiger partial charge in [0.1, 0.15) is 0 Å². The van der Waals surface area contributed by atoms with Crippen molar-refractivity contribution in [1.29, 1.82) is 0 Å². The van der Waals surface area contributed by atoms with Gasteiger partial charge < -0.3 is 0 Å². The normalized spacial score (nSPS) is 11.9. The zero-order valence-electron chi connectivity index (χ0n) is 20.3. The maximum atomic E-state index is 13.7. The monoisotopic (exact) mass is 629 g/mol. The standard InChI is InChI=1S/C27H28BrN2O2.BrH.Co/c1-16-13-17(2)24(18(3)14-16)29-15-20(31)22-21(19-11-9-8-10-12-19)23(27(4,5)6)26(32-7)30-25(22)28;;/h8-11,13-15H,1-7H3;1H;/q;;+1/p-1. The van der Waals surface area contributed by atoms with Crippen LogP contribution in [-0.2, 0) is 18.3 Å². The van der Waals surface area contributed by atoms with Crippen molar-refractivity contribution in [2.45, 2.75) is 47.0 Å². The molecule has 0 atom stereocenters. The van der Waals surface area contributed by atoms with Crippen molar-refractivity contribution < 1.29 is 22.4 Å². The molecule has 0 aliphatic rings. The van der Waals surface area contributed by atoms with E-state index in [1.54, 1.807) is 7.11 Å². The van der Waals surface area contributed by atoms with Crippen LogP contribution in [0.2, 0.25) is 0 Å². The fraction of sp³-hybridized carbons (Fsp3) is 0.296. The number of carbonyl (C=O) groups is 1. The maximum absolute atomic E-state index is 13.7. The van der Waals surface area contributed by atoms with E-state index in [2.05, 4.69) is 79.9 Å². The molecular weight excluding hydrogens is 603 g/mol. The number of hydrogen-bond acceptors (Lipinski definition) is 4. The number of ether oxygens (including phenoxy) is 1. The Morgan fingerprint density at radius 1 is 1.12 bits per heavy atom. The quantitative estimate of drug-likeness (QED) is 0.163. The van der Waals surface area contributed by atoms with Crippen LogP contribution in [0.1, 0.15) is 53.4 Å². The van der Waals surface area contributed by atoms with Crippen LogP contribution in [0.3, 0.4) is 0 Å². The van der Waals surface area contributed by atoms with Crippen LogP contribution < -0.4 is 9.23 Å². The van der Waals surface area contributed by atoms with E-state index in [9.17, 15) is 4.79 Å². The zero-order chi connectivity index (χ0) is 25.2. The molecule has 0 fully saturated rings. The Kier molecular flexibility index (Phi) is 8.55. The van der Waals surface area contributed by atoms with E-state index in [-0.39, 0.29) is 11.2 Å². The van der Waals surface area contributed by atoms with Crippen molar-refractivity contribution in [2.24, 2.45) is 4.99 Å². The van der Waals surface area contributed by atoms with Crippen LogP contribution in [0, 0.1) is 20.8 Å². The van der Waals surface area contributed by atoms with Gasteiger partial charge in [-0.25, -0.2) is 0 Å². The number of methoxy groups -OCH3 is 1. The van der Waals surface area contributed by atoms with E-state index in [1.165, 1.54) is 11.8 Å². The van der Waals surface area contributed by atoms with Gasteiger partial charge in [0, 0.05) is 0 Å². The first-order valence-corrected chi connectivity index (χ1v) is 14.6. The molecule has 34 heavy (non-hydrogen) atoms. The van der Waals surface area contributed by atoms with Crippen LogP contribution in [0.5, 0.6) is 5.88 Å². The third kappa shape index (κ3) is 5.53. The number of hydrogen-bond donors (Lipinski definition) is 0. The van der Waals surface area contributed by atoms with E-state index >= 15 is 0 Å². The van der Waals surface area contributed by atoms with Gasteiger partial charge in [-0.2, -0.15) is 0 Å². The van der Waals surface area contributed by atoms with Gasteiger partial charge in [0.05, 0.1) is 0 Å². The molecular formula is C27H28Br2CoN2O2. The number of halogens is 2. The molecule has 7 heteroatoms. The average molecular weight is 631 g/mol. The van der Waals surface area contributed by atoms with Gasteiger partial charge in [0.2, 0.25) is 0 Å². The number of Topliss-reactive ketones (excluding diaryl/α,β-unsaturated/α-hetero) is 1. The molecule has 0 saturated carbocycles. The molecule has 0 radical (unpaired) electrons. The molecule has 4 nitrogen and oxygen atoms in total. The molecule has 0 spiro atoms. The molecule has 0 saturated heterocycles. The molecule has 1 aromatic heterocycles. The Hall–Kier alpha value is -1.80. The number of pyridine rings is 1. The number of aliphatic imine (C=N–C) groups is 1. The number of benzene rings is 2. The van der Waals surface area contributed by atoms with E-state index < -0.39 is 0 Å². The molecule has 181 valence electrons. The Morgan fingerprint density at radius 2 is 1.74 bits per heavy atom. The summed E-state index contributed by atoms with van der Waals surface area (Å²) in [4.78, 5) is 23.0. The molecule has 0 unspecified atom stereocenters. The Labute approximate surface area is 223 Å². The van der Waals surface area contributed by atoms with Gasteiger partial charge >= 0.3 is 225 Å². The van der Waals surface area contributed by atoms with E-state index in [1.807, 2.05) is 38.1 Å². The fourth-order valence-corrected chi connectivity index (χ4v) is 6.14. The second-order valence-corrected chi connectivity index (χ2v) is 11.8. The van der Waals surface area contributed by atoms with E-state index in [0.29, 0.717) is 16.0 Å². The zero-order valence-corrected chi connectivity index (χ0v) is 24.6. The third-order valence-corrected chi connectivity index (χ3v) is 7.86. The summed E-state index contributed by atoms with van der Waals surface area (Å²) >= 11 is 8.09. The molecule has 3 aromatic rings. The van der Waals surface area contributed by atoms with Crippen LogP contribution in [0.4, 0.5) is 5.69 Å². The summed E-state index contributed by atoms with van der Waals surface area (Å²) in [7, 11) is 1.61. The summed E-state index contributed by atoms with van der Waals surface area (Å²) in [5.41, 5.74) is 6.82. The molecule has 1 heterocycles. The van der Waals surface area contributed by atoms with Crippen LogP contribution in [0.15, 0.2) is 46.0 Å². The summed E-state index contributed by atoms with van der Waals surface area (Å²) in [5.74, 6) is 0.274. The number of carbonyl (C=O) groups excluding carboxylic acids is 1. The Bertz CT molecular complexity index is 1260. The first kappa shape index (κ1) is 26.8. The van der Waals surface area contributed by atoms with Crippen LogP contribution >= 0.6 is 30.1 Å². The molecule has 2 aromatic carbocycles. The summed E-state index contributed by atoms with van der Waals surface area (Å²) in [6.07, 6.45) is 1.41. The molecule has 0 aliphatic carbocycles. The first-order valence-electron chi connectivity index (χ1n) is 10.7. The molecule has 0 bridgehead atoms. The molecule has 0 N–H and O–H groups in total. The average Bonchev–Trinajstić information content (AvgIpc) is 2.76. The summed E-state index contributed by atoms with van der Waals surface area (Å²) in [5, 5.41) is 0. The summed E-state index contributed by atoms with van der Waals surface area (Å²) in [6, 6.07) is 12.2. The van der Waals surface area contributed by atoms with Gasteiger partial charge in [-0.15, -0.1) is 0 Å². The molecule has 0 aliphatic heterocycles. The van der Waals surface area contributed by atoms with Crippen LogP contribution in [0.25, 0.3) is 11.1 Å². The van der Waals surface area contributed by atoms with Crippen molar-refractivity contribution in [3.8, 4) is 17.0 Å². The van der Waals surface area contributed by atoms with Gasteiger partial charge in [-0.1, -0.05) is 0 Å². The van der Waals surface area contributed by atoms with Gasteiger partial charge in [-0.3, -0.25) is 0 Å². The molecule has 3 rings (SSSR count). The Morgan fingerprint density at radius 3 is 2.29 bits per heavy atom. The van der Waals surface area contributed by atoms with Gasteiger partial charge in [0.25, 0.3) is 0 Å². The fourth-order valence-electron chi connectivity index (χ4n) is 4.14. The third-order valence-electron chi connectivity index (χ3n) is 5.45. The number of aromatic nitrogens is 1. The topological polar surface area (TPSA) is 51.5 Å². The number of rotatable bonds is 6. The number of ketones is 1. The predicted molar refractivity (Wildman–Crippen MR) is 144 cm³/mol.